The molecule has 3 aromatic carbocycles. The van der Waals surface area contributed by atoms with Gasteiger partial charge >= 0.3 is 5.97 Å². The van der Waals surface area contributed by atoms with E-state index in [1.54, 1.807) is 24.3 Å². The number of carbonyl (C=O) groups excluding carboxylic acids is 2. The maximum absolute atomic E-state index is 12.1. The Morgan fingerprint density at radius 1 is 0.867 bits per heavy atom. The number of esters is 1. The molecule has 0 aliphatic carbocycles. The van der Waals surface area contributed by atoms with E-state index in [-0.39, 0.29) is 6.61 Å². The third kappa shape index (κ3) is 5.85. The van der Waals surface area contributed by atoms with Gasteiger partial charge in [0.2, 0.25) is 0 Å². The highest BCUT2D eigenvalue weighted by Gasteiger charge is 2.11. The lowest BCUT2D eigenvalue weighted by atomic mass is 10.1. The number of ether oxygens (including phenoxy) is 3. The van der Waals surface area contributed by atoms with Gasteiger partial charge in [0.25, 0.3) is 5.91 Å². The van der Waals surface area contributed by atoms with E-state index in [1.165, 1.54) is 7.11 Å². The van der Waals surface area contributed by atoms with Crippen LogP contribution in [0.1, 0.15) is 5.56 Å². The van der Waals surface area contributed by atoms with Crippen LogP contribution in [0, 0.1) is 6.92 Å². The normalized spacial score (nSPS) is 10.2. The van der Waals surface area contributed by atoms with Crippen LogP contribution in [-0.4, -0.2) is 32.2 Å². The summed E-state index contributed by atoms with van der Waals surface area (Å²) in [4.78, 5) is 23.9. The highest BCUT2D eigenvalue weighted by Crippen LogP contribution is 2.25. The number of amides is 1. The van der Waals surface area contributed by atoms with E-state index >= 15 is 0 Å². The topological polar surface area (TPSA) is 73.9 Å². The molecule has 0 bridgehead atoms. The molecule has 0 aromatic heterocycles. The molecule has 0 aliphatic heterocycles. The zero-order valence-corrected chi connectivity index (χ0v) is 16.9. The molecule has 0 radical (unpaired) electrons. The van der Waals surface area contributed by atoms with Crippen molar-refractivity contribution in [2.24, 2.45) is 0 Å². The molecule has 0 fully saturated rings. The Kier molecular flexibility index (Phi) is 7.05. The number of anilines is 1. The summed E-state index contributed by atoms with van der Waals surface area (Å²) in [6, 6.07) is 22.8. The Balaban J connectivity index is 1.45. The first-order chi connectivity index (χ1) is 14.5. The number of hydrogen-bond acceptors (Lipinski definition) is 5. The second-order valence-corrected chi connectivity index (χ2v) is 6.59. The van der Waals surface area contributed by atoms with Crippen molar-refractivity contribution in [3.8, 4) is 22.6 Å². The van der Waals surface area contributed by atoms with E-state index in [1.807, 2.05) is 55.5 Å². The van der Waals surface area contributed by atoms with Crippen LogP contribution in [0.5, 0.6) is 11.5 Å². The number of hydrogen-bond donors (Lipinski definition) is 1. The highest BCUT2D eigenvalue weighted by atomic mass is 16.6. The molecular formula is C24H23NO5. The van der Waals surface area contributed by atoms with Crippen LogP contribution in [0.15, 0.2) is 72.8 Å². The summed E-state index contributed by atoms with van der Waals surface area (Å²) >= 11 is 0. The Bertz CT molecular complexity index is 1000. The largest absolute Gasteiger partial charge is 0.495 e. The Morgan fingerprint density at radius 3 is 2.27 bits per heavy atom. The van der Waals surface area contributed by atoms with E-state index in [9.17, 15) is 9.59 Å². The molecule has 0 aliphatic rings. The standard InChI is InChI=1S/C24H23NO5/c1-17-8-13-22(28-2)21(14-17)25-23(26)15-30-24(27)16-29-20-11-9-19(10-12-20)18-6-4-3-5-7-18/h3-14H,15-16H2,1-2H3,(H,25,26). The summed E-state index contributed by atoms with van der Waals surface area (Å²) in [5, 5.41) is 2.67. The average Bonchev–Trinajstić information content (AvgIpc) is 2.77. The number of nitrogens with one attached hydrogen (secondary N) is 1. The van der Waals surface area contributed by atoms with E-state index in [0.717, 1.165) is 16.7 Å². The molecule has 0 heterocycles. The summed E-state index contributed by atoms with van der Waals surface area (Å²) < 4.78 is 15.6. The molecule has 0 unspecified atom stereocenters. The predicted octanol–water partition coefficient (Wildman–Crippen LogP) is 4.23. The Hall–Kier alpha value is -3.80. The quantitative estimate of drug-likeness (QED) is 0.568. The summed E-state index contributed by atoms with van der Waals surface area (Å²) in [5.41, 5.74) is 3.64. The number of rotatable bonds is 8. The van der Waals surface area contributed by atoms with Crippen molar-refractivity contribution >= 4 is 17.6 Å². The number of carbonyl (C=O) groups is 2. The summed E-state index contributed by atoms with van der Waals surface area (Å²) in [7, 11) is 1.52. The Labute approximate surface area is 175 Å². The van der Waals surface area contributed by atoms with Crippen LogP contribution in [-0.2, 0) is 14.3 Å². The molecule has 0 atom stereocenters. The molecule has 30 heavy (non-hydrogen) atoms. The SMILES string of the molecule is COc1ccc(C)cc1NC(=O)COC(=O)COc1ccc(-c2ccccc2)cc1. The molecule has 6 heteroatoms. The third-order valence-corrected chi connectivity index (χ3v) is 4.31. The van der Waals surface area contributed by atoms with Crippen molar-refractivity contribution in [1.29, 1.82) is 0 Å². The fraction of sp³-hybridized carbons (Fsp3) is 0.167. The van der Waals surface area contributed by atoms with Crippen molar-refractivity contribution in [3.63, 3.8) is 0 Å². The van der Waals surface area contributed by atoms with Gasteiger partial charge in [-0.3, -0.25) is 4.79 Å². The van der Waals surface area contributed by atoms with Crippen molar-refractivity contribution in [2.45, 2.75) is 6.92 Å². The monoisotopic (exact) mass is 405 g/mol. The van der Waals surface area contributed by atoms with Crippen molar-refractivity contribution in [3.05, 3.63) is 78.4 Å². The molecular weight excluding hydrogens is 382 g/mol. The summed E-state index contributed by atoms with van der Waals surface area (Å²) in [6.07, 6.45) is 0. The maximum atomic E-state index is 12.1. The van der Waals surface area contributed by atoms with Gasteiger partial charge in [0.1, 0.15) is 11.5 Å². The lowest BCUT2D eigenvalue weighted by molar-refractivity contribution is -0.149. The first kappa shape index (κ1) is 20.9. The average molecular weight is 405 g/mol. The first-order valence-electron chi connectivity index (χ1n) is 9.43. The van der Waals surface area contributed by atoms with Crippen LogP contribution < -0.4 is 14.8 Å². The molecule has 0 spiro atoms. The van der Waals surface area contributed by atoms with E-state index in [0.29, 0.717) is 17.2 Å². The van der Waals surface area contributed by atoms with Crippen LogP contribution >= 0.6 is 0 Å². The molecule has 3 aromatic rings. The molecule has 6 nitrogen and oxygen atoms in total. The van der Waals surface area contributed by atoms with Gasteiger partial charge in [-0.2, -0.15) is 0 Å². The molecule has 1 amide bonds. The van der Waals surface area contributed by atoms with Crippen LogP contribution in [0.2, 0.25) is 0 Å². The predicted molar refractivity (Wildman–Crippen MR) is 115 cm³/mol. The van der Waals surface area contributed by atoms with Gasteiger partial charge in [-0.1, -0.05) is 48.5 Å². The van der Waals surface area contributed by atoms with Crippen molar-refractivity contribution in [1.82, 2.24) is 0 Å². The van der Waals surface area contributed by atoms with E-state index < -0.39 is 18.5 Å². The minimum absolute atomic E-state index is 0.286. The minimum Gasteiger partial charge on any atom is -0.495 e. The molecule has 1 N–H and O–H groups in total. The van der Waals surface area contributed by atoms with Gasteiger partial charge in [-0.25, -0.2) is 4.79 Å². The van der Waals surface area contributed by atoms with Gasteiger partial charge in [-0.15, -0.1) is 0 Å². The fourth-order valence-corrected chi connectivity index (χ4v) is 2.81. The number of benzene rings is 3. The smallest absolute Gasteiger partial charge is 0.344 e. The fourth-order valence-electron chi connectivity index (χ4n) is 2.81. The Morgan fingerprint density at radius 2 is 1.57 bits per heavy atom. The van der Waals surface area contributed by atoms with Crippen LogP contribution in [0.4, 0.5) is 5.69 Å². The second kappa shape index (κ2) is 10.1. The first-order valence-corrected chi connectivity index (χ1v) is 9.43. The summed E-state index contributed by atoms with van der Waals surface area (Å²) in [6.45, 7) is 1.21. The van der Waals surface area contributed by atoms with Gasteiger partial charge in [0.15, 0.2) is 13.2 Å². The number of aryl methyl sites for hydroxylation is 1. The lowest BCUT2D eigenvalue weighted by Crippen LogP contribution is -2.23. The van der Waals surface area contributed by atoms with Gasteiger partial charge < -0.3 is 19.5 Å². The molecule has 0 saturated heterocycles. The van der Waals surface area contributed by atoms with Crippen molar-refractivity contribution < 1.29 is 23.8 Å². The zero-order chi connectivity index (χ0) is 21.3. The zero-order valence-electron chi connectivity index (χ0n) is 16.9. The minimum atomic E-state index is -0.631. The second-order valence-electron chi connectivity index (χ2n) is 6.59. The van der Waals surface area contributed by atoms with Crippen LogP contribution in [0.25, 0.3) is 11.1 Å². The summed E-state index contributed by atoms with van der Waals surface area (Å²) in [5.74, 6) is -0.0175. The third-order valence-electron chi connectivity index (χ3n) is 4.31. The highest BCUT2D eigenvalue weighted by molar-refractivity contribution is 5.94. The maximum Gasteiger partial charge on any atom is 0.344 e. The molecule has 0 saturated carbocycles. The van der Waals surface area contributed by atoms with E-state index in [4.69, 9.17) is 14.2 Å². The van der Waals surface area contributed by atoms with Gasteiger partial charge in [-0.05, 0) is 47.9 Å². The molecule has 3 rings (SSSR count). The lowest BCUT2D eigenvalue weighted by Gasteiger charge is -2.11. The molecule has 154 valence electrons. The van der Waals surface area contributed by atoms with E-state index in [2.05, 4.69) is 5.32 Å². The van der Waals surface area contributed by atoms with Gasteiger partial charge in [0, 0.05) is 0 Å². The number of methoxy groups -OCH3 is 1. The van der Waals surface area contributed by atoms with Crippen molar-refractivity contribution in [2.75, 3.05) is 25.6 Å². The van der Waals surface area contributed by atoms with Gasteiger partial charge in [0.05, 0.1) is 12.8 Å². The van der Waals surface area contributed by atoms with Crippen LogP contribution in [0.3, 0.4) is 0 Å².